The average Bonchev–Trinajstić information content (AvgIpc) is 3.06. The van der Waals surface area contributed by atoms with Crippen molar-refractivity contribution in [1.82, 2.24) is 9.80 Å². The summed E-state index contributed by atoms with van der Waals surface area (Å²) in [4.78, 5) is 16.5. The van der Waals surface area contributed by atoms with E-state index in [2.05, 4.69) is 17.0 Å². The number of carbonyl (C=O) groups is 1. The summed E-state index contributed by atoms with van der Waals surface area (Å²) in [5, 5.41) is 2.26. The van der Waals surface area contributed by atoms with Gasteiger partial charge in [0.15, 0.2) is 6.61 Å². The van der Waals surface area contributed by atoms with Crippen molar-refractivity contribution in [3.8, 4) is 5.75 Å². The van der Waals surface area contributed by atoms with Gasteiger partial charge < -0.3 is 19.0 Å². The number of rotatable bonds is 5. The van der Waals surface area contributed by atoms with Crippen LogP contribution in [0.3, 0.4) is 0 Å². The molecule has 148 valence electrons. The predicted octanol–water partition coefficient (Wildman–Crippen LogP) is 3.88. The van der Waals surface area contributed by atoms with E-state index in [0.717, 1.165) is 35.3 Å². The molecule has 0 N–H and O–H groups in total. The normalized spacial score (nSPS) is 13.3. The van der Waals surface area contributed by atoms with Gasteiger partial charge in [-0.25, -0.2) is 0 Å². The van der Waals surface area contributed by atoms with Crippen molar-refractivity contribution in [2.45, 2.75) is 19.5 Å². The summed E-state index contributed by atoms with van der Waals surface area (Å²) in [7, 11) is 4.03. The Bertz CT molecular complexity index is 967. The van der Waals surface area contributed by atoms with Crippen LogP contribution in [0.25, 0.3) is 10.8 Å². The number of amides is 1. The van der Waals surface area contributed by atoms with Gasteiger partial charge >= 0.3 is 0 Å². The van der Waals surface area contributed by atoms with Crippen molar-refractivity contribution in [1.29, 1.82) is 0 Å². The van der Waals surface area contributed by atoms with E-state index in [0.29, 0.717) is 18.8 Å². The molecule has 1 aromatic heterocycles. The fourth-order valence-electron chi connectivity index (χ4n) is 3.48. The number of hydrogen-bond acceptors (Lipinski definition) is 4. The van der Waals surface area contributed by atoms with Gasteiger partial charge in [-0.05, 0) is 55.1 Å². The van der Waals surface area contributed by atoms with Crippen molar-refractivity contribution < 1.29 is 13.9 Å². The Morgan fingerprint density at radius 1 is 1.14 bits per heavy atom. The maximum atomic E-state index is 12.6. The third kappa shape index (κ3) is 4.49. The predicted molar refractivity (Wildman–Crippen MR) is 112 cm³/mol. The Morgan fingerprint density at radius 3 is 2.71 bits per heavy atom. The second kappa shape index (κ2) is 8.67. The number of ether oxygens (including phenoxy) is 1. The number of fused-ring (bicyclic) bond motifs is 2. The highest BCUT2D eigenvalue weighted by atomic mass is 35.5. The first-order valence-electron chi connectivity index (χ1n) is 9.23. The minimum absolute atomic E-state index is 0. The molecule has 2 aromatic carbocycles. The Hall–Kier alpha value is -2.50. The van der Waals surface area contributed by atoms with Gasteiger partial charge in [-0.15, -0.1) is 12.4 Å². The van der Waals surface area contributed by atoms with E-state index < -0.39 is 0 Å². The molecular weight excluding hydrogens is 376 g/mol. The van der Waals surface area contributed by atoms with E-state index in [1.807, 2.05) is 55.4 Å². The summed E-state index contributed by atoms with van der Waals surface area (Å²) in [5.41, 5.74) is 1.21. The molecule has 1 aliphatic heterocycles. The molecule has 0 unspecified atom stereocenters. The van der Waals surface area contributed by atoms with Crippen molar-refractivity contribution in [3.63, 3.8) is 0 Å². The molecule has 1 amide bonds. The fraction of sp³-hybridized carbons (Fsp3) is 0.318. The molecule has 0 atom stereocenters. The van der Waals surface area contributed by atoms with E-state index in [1.54, 1.807) is 0 Å². The molecular formula is C22H25ClN2O3. The molecule has 0 bridgehead atoms. The highest BCUT2D eigenvalue weighted by molar-refractivity contribution is 5.85. The maximum absolute atomic E-state index is 12.6. The molecule has 0 aliphatic carbocycles. The minimum Gasteiger partial charge on any atom is -0.484 e. The number of benzene rings is 2. The number of halogens is 1. The van der Waals surface area contributed by atoms with E-state index in [4.69, 9.17) is 9.15 Å². The van der Waals surface area contributed by atoms with Crippen molar-refractivity contribution in [2.75, 3.05) is 27.2 Å². The summed E-state index contributed by atoms with van der Waals surface area (Å²) in [6.07, 6.45) is 0.827. The van der Waals surface area contributed by atoms with Crippen LogP contribution in [0.4, 0.5) is 0 Å². The van der Waals surface area contributed by atoms with Crippen molar-refractivity contribution >= 4 is 29.1 Å². The van der Waals surface area contributed by atoms with E-state index in [-0.39, 0.29) is 24.9 Å². The third-order valence-electron chi connectivity index (χ3n) is 4.84. The lowest BCUT2D eigenvalue weighted by Crippen LogP contribution is -2.38. The van der Waals surface area contributed by atoms with Gasteiger partial charge in [0.1, 0.15) is 17.3 Å². The highest BCUT2D eigenvalue weighted by Gasteiger charge is 2.24. The summed E-state index contributed by atoms with van der Waals surface area (Å²) in [5.74, 6) is 2.55. The van der Waals surface area contributed by atoms with Gasteiger partial charge in [0.2, 0.25) is 0 Å². The molecule has 4 rings (SSSR count). The summed E-state index contributed by atoms with van der Waals surface area (Å²) < 4.78 is 11.7. The fourth-order valence-corrected chi connectivity index (χ4v) is 3.48. The molecule has 0 fully saturated rings. The Balaban J connectivity index is 0.00000225. The summed E-state index contributed by atoms with van der Waals surface area (Å²) in [6, 6.07) is 16.1. The Kier molecular flexibility index (Phi) is 6.27. The first-order valence-corrected chi connectivity index (χ1v) is 9.23. The van der Waals surface area contributed by atoms with Crippen LogP contribution >= 0.6 is 12.4 Å². The van der Waals surface area contributed by atoms with Crippen LogP contribution in [-0.2, 0) is 24.3 Å². The van der Waals surface area contributed by atoms with Gasteiger partial charge in [-0.3, -0.25) is 4.79 Å². The monoisotopic (exact) mass is 400 g/mol. The minimum atomic E-state index is -0.0145. The lowest BCUT2D eigenvalue weighted by Gasteiger charge is -2.26. The van der Waals surface area contributed by atoms with Crippen LogP contribution in [0.2, 0.25) is 0 Å². The Morgan fingerprint density at radius 2 is 1.93 bits per heavy atom. The zero-order chi connectivity index (χ0) is 18.8. The van der Waals surface area contributed by atoms with Crippen molar-refractivity contribution in [3.05, 3.63) is 65.6 Å². The van der Waals surface area contributed by atoms with Gasteiger partial charge in [-0.2, -0.15) is 0 Å². The molecule has 2 heterocycles. The van der Waals surface area contributed by atoms with Crippen LogP contribution in [0.15, 0.2) is 52.9 Å². The molecule has 0 saturated carbocycles. The molecule has 0 saturated heterocycles. The van der Waals surface area contributed by atoms with Crippen LogP contribution in [0.5, 0.6) is 5.75 Å². The SMILES string of the molecule is CN(C)Cc1cc2c(o1)CN(C(=O)COc1ccc3ccccc3c1)CC2.Cl. The first kappa shape index (κ1) is 20.2. The van der Waals surface area contributed by atoms with Crippen LogP contribution in [0, 0.1) is 0 Å². The van der Waals surface area contributed by atoms with E-state index in [9.17, 15) is 4.79 Å². The molecule has 1 aliphatic rings. The lowest BCUT2D eigenvalue weighted by atomic mass is 10.1. The topological polar surface area (TPSA) is 45.9 Å². The smallest absolute Gasteiger partial charge is 0.260 e. The molecule has 28 heavy (non-hydrogen) atoms. The number of nitrogens with zero attached hydrogens (tertiary/aromatic N) is 2. The lowest BCUT2D eigenvalue weighted by molar-refractivity contribution is -0.134. The van der Waals surface area contributed by atoms with Gasteiger partial charge in [-0.1, -0.05) is 30.3 Å². The number of carbonyl (C=O) groups excluding carboxylic acids is 1. The zero-order valence-corrected chi connectivity index (χ0v) is 17.0. The second-order valence-corrected chi connectivity index (χ2v) is 7.26. The summed E-state index contributed by atoms with van der Waals surface area (Å²) >= 11 is 0. The van der Waals surface area contributed by atoms with Crippen LogP contribution in [-0.4, -0.2) is 43.0 Å². The van der Waals surface area contributed by atoms with E-state index >= 15 is 0 Å². The third-order valence-corrected chi connectivity index (χ3v) is 4.84. The number of hydrogen-bond donors (Lipinski definition) is 0. The van der Waals surface area contributed by atoms with Crippen LogP contribution < -0.4 is 4.74 Å². The molecule has 0 radical (unpaired) electrons. The number of furan rings is 1. The average molecular weight is 401 g/mol. The Labute approximate surface area is 171 Å². The largest absolute Gasteiger partial charge is 0.484 e. The van der Waals surface area contributed by atoms with Gasteiger partial charge in [0, 0.05) is 6.54 Å². The molecule has 3 aromatic rings. The van der Waals surface area contributed by atoms with E-state index in [1.165, 1.54) is 5.56 Å². The maximum Gasteiger partial charge on any atom is 0.260 e. The van der Waals surface area contributed by atoms with Gasteiger partial charge in [0.25, 0.3) is 5.91 Å². The quantitative estimate of drug-likeness (QED) is 0.652. The standard InChI is InChI=1S/C22H24N2O3.ClH/c1-23(2)13-20-12-18-9-10-24(14-21(18)27-20)22(25)15-26-19-8-7-16-5-3-4-6-17(16)11-19;/h3-8,11-12H,9-10,13-15H2,1-2H3;1H. The van der Waals surface area contributed by atoms with Gasteiger partial charge in [0.05, 0.1) is 13.1 Å². The molecule has 0 spiro atoms. The highest BCUT2D eigenvalue weighted by Crippen LogP contribution is 2.24. The zero-order valence-electron chi connectivity index (χ0n) is 16.2. The van der Waals surface area contributed by atoms with Crippen LogP contribution in [0.1, 0.15) is 17.1 Å². The first-order chi connectivity index (χ1) is 13.1. The summed E-state index contributed by atoms with van der Waals surface area (Å²) in [6.45, 7) is 2.03. The second-order valence-electron chi connectivity index (χ2n) is 7.26. The van der Waals surface area contributed by atoms with Crippen molar-refractivity contribution in [2.24, 2.45) is 0 Å². The molecule has 5 nitrogen and oxygen atoms in total. The molecule has 6 heteroatoms.